The number of rotatable bonds is 6. The molecule has 0 unspecified atom stereocenters. The van der Waals surface area contributed by atoms with E-state index in [1.807, 2.05) is 23.1 Å². The molecule has 0 aromatic heterocycles. The average molecular weight is 357 g/mol. The zero-order chi connectivity index (χ0) is 17.9. The number of hydrogen-bond donors (Lipinski definition) is 1. The zero-order valence-electron chi connectivity index (χ0n) is 15.8. The first-order valence-corrected chi connectivity index (χ1v) is 10.1. The van der Waals surface area contributed by atoms with E-state index in [0.29, 0.717) is 5.92 Å². The summed E-state index contributed by atoms with van der Waals surface area (Å²) < 4.78 is 5.31. The molecule has 4 rings (SSSR count). The minimum atomic E-state index is 0.0875. The van der Waals surface area contributed by atoms with Gasteiger partial charge >= 0.3 is 6.03 Å². The highest BCUT2D eigenvalue weighted by Crippen LogP contribution is 2.35. The summed E-state index contributed by atoms with van der Waals surface area (Å²) in [5, 5.41) is 3.19. The van der Waals surface area contributed by atoms with Crippen LogP contribution in [0.4, 0.5) is 4.79 Å². The molecule has 2 amide bonds. The van der Waals surface area contributed by atoms with Crippen LogP contribution >= 0.6 is 0 Å². The van der Waals surface area contributed by atoms with E-state index < -0.39 is 0 Å². The molecule has 1 aromatic carbocycles. The maximum Gasteiger partial charge on any atom is 0.317 e. The lowest BCUT2D eigenvalue weighted by Gasteiger charge is -2.41. The molecule has 1 saturated carbocycles. The summed E-state index contributed by atoms with van der Waals surface area (Å²) in [7, 11) is 1.68. The van der Waals surface area contributed by atoms with Gasteiger partial charge in [-0.3, -0.25) is 0 Å². The molecule has 1 N–H and O–H groups in total. The third-order valence-electron chi connectivity index (χ3n) is 6.22. The van der Waals surface area contributed by atoms with Crippen LogP contribution in [0.25, 0.3) is 0 Å². The Hall–Kier alpha value is -1.75. The lowest BCUT2D eigenvalue weighted by atomic mass is 9.94. The maximum atomic E-state index is 12.6. The van der Waals surface area contributed by atoms with E-state index >= 15 is 0 Å². The largest absolute Gasteiger partial charge is 0.497 e. The molecule has 1 aliphatic carbocycles. The minimum Gasteiger partial charge on any atom is -0.497 e. The van der Waals surface area contributed by atoms with E-state index in [1.54, 1.807) is 7.11 Å². The number of hydrogen-bond acceptors (Lipinski definition) is 3. The topological polar surface area (TPSA) is 44.8 Å². The second-order valence-corrected chi connectivity index (χ2v) is 8.15. The van der Waals surface area contributed by atoms with Crippen LogP contribution in [0.3, 0.4) is 0 Å². The number of carbonyl (C=O) groups excluding carboxylic acids is 1. The van der Waals surface area contributed by atoms with Crippen LogP contribution in [0.2, 0.25) is 0 Å². The van der Waals surface area contributed by atoms with Gasteiger partial charge in [0, 0.05) is 19.6 Å². The van der Waals surface area contributed by atoms with E-state index in [1.165, 1.54) is 50.9 Å². The molecule has 5 nitrogen and oxygen atoms in total. The Morgan fingerprint density at radius 1 is 1.12 bits per heavy atom. The molecule has 5 heteroatoms. The second-order valence-electron chi connectivity index (χ2n) is 8.15. The predicted molar refractivity (Wildman–Crippen MR) is 102 cm³/mol. The summed E-state index contributed by atoms with van der Waals surface area (Å²) in [5.74, 6) is 2.46. The fraction of sp³-hybridized carbons (Fsp3) is 0.667. The first-order chi connectivity index (χ1) is 12.7. The van der Waals surface area contributed by atoms with Crippen molar-refractivity contribution in [3.05, 3.63) is 29.8 Å². The number of likely N-dealkylation sites (tertiary alicyclic amines) is 2. The Labute approximate surface area is 156 Å². The monoisotopic (exact) mass is 357 g/mol. The Morgan fingerprint density at radius 3 is 2.58 bits per heavy atom. The molecule has 1 aromatic rings. The molecular weight excluding hydrogens is 326 g/mol. The van der Waals surface area contributed by atoms with Gasteiger partial charge in [-0.05, 0) is 74.7 Å². The summed E-state index contributed by atoms with van der Waals surface area (Å²) in [4.78, 5) is 17.2. The first kappa shape index (κ1) is 17.7. The van der Waals surface area contributed by atoms with Crippen molar-refractivity contribution in [2.45, 2.75) is 38.1 Å². The number of benzene rings is 1. The van der Waals surface area contributed by atoms with Gasteiger partial charge in [-0.25, -0.2) is 4.79 Å². The quantitative estimate of drug-likeness (QED) is 0.850. The number of carbonyl (C=O) groups is 1. The van der Waals surface area contributed by atoms with Gasteiger partial charge in [0.25, 0.3) is 0 Å². The van der Waals surface area contributed by atoms with Gasteiger partial charge in [-0.15, -0.1) is 0 Å². The van der Waals surface area contributed by atoms with Crippen LogP contribution in [0.1, 0.15) is 43.7 Å². The normalized spacial score (nSPS) is 24.2. The molecule has 0 spiro atoms. The third-order valence-corrected chi connectivity index (χ3v) is 6.22. The molecule has 3 aliphatic rings. The lowest BCUT2D eigenvalue weighted by molar-refractivity contribution is 0.111. The first-order valence-electron chi connectivity index (χ1n) is 10.1. The van der Waals surface area contributed by atoms with Crippen LogP contribution in [0.15, 0.2) is 24.3 Å². The van der Waals surface area contributed by atoms with Gasteiger partial charge in [0.1, 0.15) is 5.75 Å². The molecule has 142 valence electrons. The van der Waals surface area contributed by atoms with Gasteiger partial charge in [-0.2, -0.15) is 0 Å². The summed E-state index contributed by atoms with van der Waals surface area (Å²) in [5.41, 5.74) is 1.17. The van der Waals surface area contributed by atoms with E-state index in [9.17, 15) is 4.79 Å². The second kappa shape index (κ2) is 7.87. The number of ether oxygens (including phenoxy) is 1. The average Bonchev–Trinajstić information content (AvgIpc) is 3.44. The summed E-state index contributed by atoms with van der Waals surface area (Å²) >= 11 is 0. The number of nitrogens with one attached hydrogen (secondary N) is 1. The molecule has 2 aliphatic heterocycles. The fourth-order valence-electron chi connectivity index (χ4n) is 4.20. The van der Waals surface area contributed by atoms with Crippen LogP contribution in [0, 0.1) is 11.8 Å². The molecule has 1 atom stereocenters. The number of methoxy groups -OCH3 is 1. The maximum absolute atomic E-state index is 12.6. The van der Waals surface area contributed by atoms with Crippen molar-refractivity contribution >= 4 is 6.03 Å². The number of nitrogens with zero attached hydrogens (tertiary/aromatic N) is 2. The summed E-state index contributed by atoms with van der Waals surface area (Å²) in [6, 6.07) is 8.34. The molecule has 0 radical (unpaired) electrons. The zero-order valence-corrected chi connectivity index (χ0v) is 15.8. The van der Waals surface area contributed by atoms with Gasteiger partial charge < -0.3 is 19.9 Å². The van der Waals surface area contributed by atoms with E-state index in [4.69, 9.17) is 4.74 Å². The van der Waals surface area contributed by atoms with Crippen LogP contribution < -0.4 is 10.1 Å². The predicted octanol–water partition coefficient (Wildman–Crippen LogP) is 3.27. The smallest absolute Gasteiger partial charge is 0.317 e. The van der Waals surface area contributed by atoms with Gasteiger partial charge in [0.05, 0.1) is 13.2 Å². The fourth-order valence-corrected chi connectivity index (χ4v) is 4.20. The van der Waals surface area contributed by atoms with E-state index in [-0.39, 0.29) is 12.1 Å². The van der Waals surface area contributed by atoms with Gasteiger partial charge in [0.15, 0.2) is 0 Å². The minimum absolute atomic E-state index is 0.0875. The third kappa shape index (κ3) is 4.14. The highest BCUT2D eigenvalue weighted by Gasteiger charge is 2.34. The molecule has 3 fully saturated rings. The number of amides is 2. The molecule has 0 bridgehead atoms. The van der Waals surface area contributed by atoms with Crippen LogP contribution in [0.5, 0.6) is 5.75 Å². The van der Waals surface area contributed by atoms with Crippen molar-refractivity contribution < 1.29 is 9.53 Å². The van der Waals surface area contributed by atoms with Crippen molar-refractivity contribution in [2.24, 2.45) is 11.8 Å². The number of urea groups is 1. The molecule has 26 heavy (non-hydrogen) atoms. The molecular formula is C21H31N3O2. The van der Waals surface area contributed by atoms with Crippen molar-refractivity contribution in [3.8, 4) is 5.75 Å². The summed E-state index contributed by atoms with van der Waals surface area (Å²) in [6.07, 6.45) is 6.32. The Kier molecular flexibility index (Phi) is 5.34. The van der Waals surface area contributed by atoms with Crippen molar-refractivity contribution in [1.29, 1.82) is 0 Å². The van der Waals surface area contributed by atoms with E-state index in [0.717, 1.165) is 31.2 Å². The Balaban J connectivity index is 1.22. The standard InChI is InChI=1S/C21H31N3O2/c1-26-19-4-2-3-18(13-19)20-9-12-24(20)21(25)22-14-16-7-10-23(11-8-16)15-17-5-6-17/h2-4,13,16-17,20H,5-12,14-15H2,1H3,(H,22,25)/t20-/m0/s1. The highest BCUT2D eigenvalue weighted by molar-refractivity contribution is 5.75. The number of piperidine rings is 1. The van der Waals surface area contributed by atoms with Crippen molar-refractivity contribution in [2.75, 3.05) is 39.8 Å². The van der Waals surface area contributed by atoms with E-state index in [2.05, 4.69) is 16.3 Å². The molecule has 2 heterocycles. The van der Waals surface area contributed by atoms with Crippen molar-refractivity contribution in [1.82, 2.24) is 15.1 Å². The molecule has 2 saturated heterocycles. The van der Waals surface area contributed by atoms with Crippen LogP contribution in [-0.2, 0) is 0 Å². The van der Waals surface area contributed by atoms with Crippen LogP contribution in [-0.4, -0.2) is 55.7 Å². The van der Waals surface area contributed by atoms with Gasteiger partial charge in [0.2, 0.25) is 0 Å². The lowest BCUT2D eigenvalue weighted by Crippen LogP contribution is -2.51. The Morgan fingerprint density at radius 2 is 1.92 bits per heavy atom. The Bertz CT molecular complexity index is 623. The summed E-state index contributed by atoms with van der Waals surface area (Å²) in [6.45, 7) is 5.36. The van der Waals surface area contributed by atoms with Crippen molar-refractivity contribution in [3.63, 3.8) is 0 Å². The highest BCUT2D eigenvalue weighted by atomic mass is 16.5. The SMILES string of the molecule is COc1cccc([C@@H]2CCN2C(=O)NCC2CCN(CC3CC3)CC2)c1. The van der Waals surface area contributed by atoms with Gasteiger partial charge in [-0.1, -0.05) is 12.1 Å².